The number of ether oxygens (including phenoxy) is 1. The van der Waals surface area contributed by atoms with Gasteiger partial charge in [0.05, 0.1) is 13.3 Å². The maximum Gasteiger partial charge on any atom is 0.255 e. The zero-order valence-corrected chi connectivity index (χ0v) is 11.7. The first-order valence-electron chi connectivity index (χ1n) is 6.86. The molecule has 0 amide bonds. The molecule has 2 heterocycles. The minimum atomic E-state index is -0.566. The number of halogens is 1. The molecule has 1 aliphatic rings. The van der Waals surface area contributed by atoms with Crippen LogP contribution in [-0.4, -0.2) is 59.9 Å². The van der Waals surface area contributed by atoms with Crippen LogP contribution in [0.25, 0.3) is 0 Å². The van der Waals surface area contributed by atoms with Gasteiger partial charge in [0, 0.05) is 19.7 Å². The predicted octanol–water partition coefficient (Wildman–Crippen LogP) is 0.740. The molecule has 1 aromatic rings. The number of nitrogens with zero attached hydrogens (tertiary/aromatic N) is 3. The van der Waals surface area contributed by atoms with Crippen molar-refractivity contribution in [3.8, 4) is 5.88 Å². The molecule has 7 heteroatoms. The molecule has 0 aliphatic carbocycles. The van der Waals surface area contributed by atoms with Gasteiger partial charge in [0.1, 0.15) is 0 Å². The Hall–Kier alpha value is -1.47. The highest BCUT2D eigenvalue weighted by atomic mass is 19.1. The molecule has 1 aromatic heterocycles. The Labute approximate surface area is 118 Å². The number of hydrogen-bond donors (Lipinski definition) is 2. The third-order valence-corrected chi connectivity index (χ3v) is 3.58. The topological polar surface area (TPSA) is 70.5 Å². The summed E-state index contributed by atoms with van der Waals surface area (Å²) in [4.78, 5) is 10.1. The minimum absolute atomic E-state index is 0.0498. The molecule has 112 valence electrons. The van der Waals surface area contributed by atoms with Crippen molar-refractivity contribution in [1.29, 1.82) is 0 Å². The van der Waals surface area contributed by atoms with Crippen molar-refractivity contribution in [1.82, 2.24) is 14.9 Å². The molecule has 0 unspecified atom stereocenters. The van der Waals surface area contributed by atoms with Gasteiger partial charge < -0.3 is 20.1 Å². The zero-order chi connectivity index (χ0) is 14.4. The second-order valence-electron chi connectivity index (χ2n) is 4.95. The monoisotopic (exact) mass is 284 g/mol. The molecule has 0 spiro atoms. The van der Waals surface area contributed by atoms with Gasteiger partial charge in [-0.05, 0) is 31.8 Å². The van der Waals surface area contributed by atoms with Crippen molar-refractivity contribution in [3.05, 3.63) is 12.0 Å². The molecular formula is C13H21FN4O2. The Kier molecular flexibility index (Phi) is 5.49. The summed E-state index contributed by atoms with van der Waals surface area (Å²) in [5.74, 6) is 0.202. The number of aliphatic hydroxyl groups excluding tert-OH is 1. The number of piperidine rings is 1. The van der Waals surface area contributed by atoms with Gasteiger partial charge in [-0.15, -0.1) is 0 Å². The van der Waals surface area contributed by atoms with E-state index in [1.54, 1.807) is 0 Å². The van der Waals surface area contributed by atoms with Crippen LogP contribution in [0.2, 0.25) is 0 Å². The lowest BCUT2D eigenvalue weighted by Crippen LogP contribution is -2.37. The molecule has 0 atom stereocenters. The summed E-state index contributed by atoms with van der Waals surface area (Å²) in [6, 6.07) is 0. The Bertz CT molecular complexity index is 425. The molecule has 0 saturated carbocycles. The van der Waals surface area contributed by atoms with E-state index in [1.807, 2.05) is 0 Å². The Morgan fingerprint density at radius 3 is 2.90 bits per heavy atom. The van der Waals surface area contributed by atoms with Gasteiger partial charge in [-0.1, -0.05) is 0 Å². The summed E-state index contributed by atoms with van der Waals surface area (Å²) in [6.07, 6.45) is 3.18. The van der Waals surface area contributed by atoms with E-state index in [1.165, 1.54) is 7.11 Å². The van der Waals surface area contributed by atoms with Crippen molar-refractivity contribution in [2.75, 3.05) is 45.2 Å². The van der Waals surface area contributed by atoms with Crippen molar-refractivity contribution in [3.63, 3.8) is 0 Å². The average molecular weight is 284 g/mol. The number of hydrogen-bond acceptors (Lipinski definition) is 6. The van der Waals surface area contributed by atoms with Gasteiger partial charge in [0.15, 0.2) is 0 Å². The highest BCUT2D eigenvalue weighted by Gasteiger charge is 2.17. The van der Waals surface area contributed by atoms with Crippen LogP contribution in [0.1, 0.15) is 12.8 Å². The number of aromatic nitrogens is 2. The summed E-state index contributed by atoms with van der Waals surface area (Å²) < 4.78 is 18.0. The molecule has 0 aromatic carbocycles. The number of likely N-dealkylation sites (tertiary alicyclic amines) is 1. The minimum Gasteiger partial charge on any atom is -0.479 e. The van der Waals surface area contributed by atoms with Crippen LogP contribution in [0, 0.1) is 11.7 Å². The third-order valence-electron chi connectivity index (χ3n) is 3.58. The molecule has 0 radical (unpaired) electrons. The van der Waals surface area contributed by atoms with Crippen LogP contribution in [0.15, 0.2) is 6.20 Å². The van der Waals surface area contributed by atoms with E-state index < -0.39 is 5.82 Å². The fourth-order valence-electron chi connectivity index (χ4n) is 2.30. The van der Waals surface area contributed by atoms with E-state index in [2.05, 4.69) is 20.2 Å². The van der Waals surface area contributed by atoms with Crippen molar-refractivity contribution in [2.45, 2.75) is 12.8 Å². The largest absolute Gasteiger partial charge is 0.479 e. The van der Waals surface area contributed by atoms with Crippen LogP contribution in [0.5, 0.6) is 5.88 Å². The maximum absolute atomic E-state index is 13.1. The normalized spacial score (nSPS) is 17.1. The van der Waals surface area contributed by atoms with E-state index in [4.69, 9.17) is 9.84 Å². The van der Waals surface area contributed by atoms with Crippen LogP contribution in [-0.2, 0) is 0 Å². The van der Waals surface area contributed by atoms with Crippen molar-refractivity contribution >= 4 is 5.95 Å². The Balaban J connectivity index is 1.73. The highest BCUT2D eigenvalue weighted by Crippen LogP contribution is 2.16. The smallest absolute Gasteiger partial charge is 0.255 e. The number of nitrogens with one attached hydrogen (secondary N) is 1. The predicted molar refractivity (Wildman–Crippen MR) is 73.3 cm³/mol. The van der Waals surface area contributed by atoms with Crippen molar-refractivity contribution < 1.29 is 14.2 Å². The van der Waals surface area contributed by atoms with E-state index in [0.29, 0.717) is 18.4 Å². The SMILES string of the molecule is COc1nc(NCCN2CCC(CO)CC2)ncc1F. The Morgan fingerprint density at radius 1 is 1.50 bits per heavy atom. The van der Waals surface area contributed by atoms with Gasteiger partial charge in [-0.25, -0.2) is 4.98 Å². The second kappa shape index (κ2) is 7.35. The maximum atomic E-state index is 13.1. The zero-order valence-electron chi connectivity index (χ0n) is 11.7. The van der Waals surface area contributed by atoms with Gasteiger partial charge in [0.2, 0.25) is 11.8 Å². The molecule has 20 heavy (non-hydrogen) atoms. The number of anilines is 1. The molecule has 0 bridgehead atoms. The van der Waals surface area contributed by atoms with E-state index in [9.17, 15) is 4.39 Å². The van der Waals surface area contributed by atoms with Crippen molar-refractivity contribution in [2.24, 2.45) is 5.92 Å². The second-order valence-corrected chi connectivity index (χ2v) is 4.95. The lowest BCUT2D eigenvalue weighted by atomic mass is 9.98. The van der Waals surface area contributed by atoms with E-state index in [0.717, 1.165) is 38.7 Å². The van der Waals surface area contributed by atoms with Crippen LogP contribution < -0.4 is 10.1 Å². The van der Waals surface area contributed by atoms with E-state index in [-0.39, 0.29) is 12.5 Å². The molecule has 1 aliphatic heterocycles. The number of methoxy groups -OCH3 is 1. The summed E-state index contributed by atoms with van der Waals surface area (Å²) >= 11 is 0. The molecule has 1 saturated heterocycles. The molecule has 1 fully saturated rings. The molecular weight excluding hydrogens is 263 g/mol. The van der Waals surface area contributed by atoms with Gasteiger partial charge in [0.25, 0.3) is 5.88 Å². The standard InChI is InChI=1S/C13H21FN4O2/c1-20-12-11(14)8-16-13(17-12)15-4-7-18-5-2-10(9-19)3-6-18/h8,10,19H,2-7,9H2,1H3,(H,15,16,17). The Morgan fingerprint density at radius 2 is 2.25 bits per heavy atom. The average Bonchev–Trinajstić information content (AvgIpc) is 2.49. The van der Waals surface area contributed by atoms with E-state index >= 15 is 0 Å². The summed E-state index contributed by atoms with van der Waals surface area (Å²) in [6.45, 7) is 3.86. The first-order valence-corrected chi connectivity index (χ1v) is 6.86. The lowest BCUT2D eigenvalue weighted by Gasteiger charge is -2.30. The number of rotatable bonds is 6. The molecule has 6 nitrogen and oxygen atoms in total. The van der Waals surface area contributed by atoms with Gasteiger partial charge in [-0.2, -0.15) is 9.37 Å². The quantitative estimate of drug-likeness (QED) is 0.803. The van der Waals surface area contributed by atoms with Gasteiger partial charge >= 0.3 is 0 Å². The summed E-state index contributed by atoms with van der Waals surface area (Å²) in [7, 11) is 1.38. The summed E-state index contributed by atoms with van der Waals surface area (Å²) in [5.41, 5.74) is 0. The first-order chi connectivity index (χ1) is 9.72. The lowest BCUT2D eigenvalue weighted by molar-refractivity contribution is 0.134. The summed E-state index contributed by atoms with van der Waals surface area (Å²) in [5, 5.41) is 12.1. The fourth-order valence-corrected chi connectivity index (χ4v) is 2.30. The third kappa shape index (κ3) is 4.01. The highest BCUT2D eigenvalue weighted by molar-refractivity contribution is 5.28. The first kappa shape index (κ1) is 14.9. The van der Waals surface area contributed by atoms with Gasteiger partial charge in [-0.3, -0.25) is 0 Å². The van der Waals surface area contributed by atoms with Crippen LogP contribution in [0.3, 0.4) is 0 Å². The number of aliphatic hydroxyl groups is 1. The molecule has 2 N–H and O–H groups in total. The van der Waals surface area contributed by atoms with Crippen LogP contribution >= 0.6 is 0 Å². The molecule has 2 rings (SSSR count). The van der Waals surface area contributed by atoms with Crippen LogP contribution in [0.4, 0.5) is 10.3 Å². The fraction of sp³-hybridized carbons (Fsp3) is 0.692.